The summed E-state index contributed by atoms with van der Waals surface area (Å²) in [6.07, 6.45) is 1.23. The Morgan fingerprint density at radius 2 is 2.38 bits per heavy atom. The van der Waals surface area contributed by atoms with Gasteiger partial charge in [-0.25, -0.2) is 0 Å². The van der Waals surface area contributed by atoms with E-state index in [1.165, 1.54) is 16.9 Å². The summed E-state index contributed by atoms with van der Waals surface area (Å²) in [6, 6.07) is 2.84. The van der Waals surface area contributed by atoms with Crippen LogP contribution >= 0.6 is 11.3 Å². The molecule has 1 aliphatic rings. The molecule has 16 heavy (non-hydrogen) atoms. The topological polar surface area (TPSA) is 24.1 Å². The number of hydrogen-bond donors (Lipinski definition) is 2. The van der Waals surface area contributed by atoms with Crippen molar-refractivity contribution in [2.24, 2.45) is 5.41 Å². The Hall–Kier alpha value is -0.380. The fourth-order valence-corrected chi connectivity index (χ4v) is 3.21. The number of hydrogen-bond acceptors (Lipinski definition) is 3. The van der Waals surface area contributed by atoms with Gasteiger partial charge in [-0.15, -0.1) is 11.3 Å². The molecule has 1 aromatic heterocycles. The molecular formula is C13H22N2S. The summed E-state index contributed by atoms with van der Waals surface area (Å²) in [6.45, 7) is 10.2. The highest BCUT2D eigenvalue weighted by Crippen LogP contribution is 2.26. The molecule has 0 spiro atoms. The summed E-state index contributed by atoms with van der Waals surface area (Å²) in [7, 11) is 0. The van der Waals surface area contributed by atoms with Gasteiger partial charge < -0.3 is 10.6 Å². The van der Waals surface area contributed by atoms with Crippen LogP contribution in [0.2, 0.25) is 0 Å². The van der Waals surface area contributed by atoms with E-state index in [4.69, 9.17) is 0 Å². The number of rotatable bonds is 3. The molecule has 0 aromatic carbocycles. The lowest BCUT2D eigenvalue weighted by Gasteiger charge is -2.39. The minimum Gasteiger partial charge on any atom is -0.316 e. The Morgan fingerprint density at radius 3 is 3.00 bits per heavy atom. The van der Waals surface area contributed by atoms with Crippen molar-refractivity contribution in [1.29, 1.82) is 0 Å². The first kappa shape index (κ1) is 12.1. The zero-order valence-corrected chi connectivity index (χ0v) is 11.3. The predicted octanol–water partition coefficient (Wildman–Crippen LogP) is 2.53. The van der Waals surface area contributed by atoms with Crippen molar-refractivity contribution in [2.45, 2.75) is 39.8 Å². The highest BCUT2D eigenvalue weighted by molar-refractivity contribution is 7.10. The summed E-state index contributed by atoms with van der Waals surface area (Å²) < 4.78 is 0. The molecule has 1 unspecified atom stereocenters. The van der Waals surface area contributed by atoms with E-state index < -0.39 is 0 Å². The lowest BCUT2D eigenvalue weighted by atomic mass is 9.80. The van der Waals surface area contributed by atoms with Gasteiger partial charge in [-0.2, -0.15) is 0 Å². The SMILES string of the molecule is Cc1ccsc1CNC1CCNCC1(C)C. The van der Waals surface area contributed by atoms with Crippen molar-refractivity contribution >= 4 is 11.3 Å². The molecule has 0 aliphatic carbocycles. The van der Waals surface area contributed by atoms with E-state index >= 15 is 0 Å². The van der Waals surface area contributed by atoms with Crippen LogP contribution in [0.3, 0.4) is 0 Å². The molecule has 0 amide bonds. The molecule has 1 saturated heterocycles. The summed E-state index contributed by atoms with van der Waals surface area (Å²) in [5.41, 5.74) is 1.79. The Balaban J connectivity index is 1.92. The van der Waals surface area contributed by atoms with Gasteiger partial charge in [-0.1, -0.05) is 13.8 Å². The zero-order chi connectivity index (χ0) is 11.6. The van der Waals surface area contributed by atoms with Crippen LogP contribution in [-0.2, 0) is 6.54 Å². The van der Waals surface area contributed by atoms with Crippen LogP contribution < -0.4 is 10.6 Å². The van der Waals surface area contributed by atoms with Gasteiger partial charge in [0.25, 0.3) is 0 Å². The maximum Gasteiger partial charge on any atom is 0.0305 e. The number of piperidine rings is 1. The fraction of sp³-hybridized carbons (Fsp3) is 0.692. The quantitative estimate of drug-likeness (QED) is 0.845. The van der Waals surface area contributed by atoms with E-state index in [9.17, 15) is 0 Å². The van der Waals surface area contributed by atoms with E-state index in [2.05, 4.69) is 42.9 Å². The summed E-state index contributed by atoms with van der Waals surface area (Å²) in [5, 5.41) is 9.38. The number of nitrogens with one attached hydrogen (secondary N) is 2. The molecule has 0 saturated carbocycles. The summed E-state index contributed by atoms with van der Waals surface area (Å²) >= 11 is 1.86. The van der Waals surface area contributed by atoms with Crippen molar-refractivity contribution in [3.8, 4) is 0 Å². The van der Waals surface area contributed by atoms with Gasteiger partial charge in [0.1, 0.15) is 0 Å². The van der Waals surface area contributed by atoms with Gasteiger partial charge in [0.05, 0.1) is 0 Å². The minimum atomic E-state index is 0.364. The molecule has 1 atom stereocenters. The summed E-state index contributed by atoms with van der Waals surface area (Å²) in [5.74, 6) is 0. The lowest BCUT2D eigenvalue weighted by Crippen LogP contribution is -2.52. The molecule has 1 aromatic rings. The minimum absolute atomic E-state index is 0.364. The van der Waals surface area contributed by atoms with Crippen molar-refractivity contribution in [1.82, 2.24) is 10.6 Å². The van der Waals surface area contributed by atoms with Gasteiger partial charge in [-0.3, -0.25) is 0 Å². The first-order valence-corrected chi connectivity index (χ1v) is 6.94. The maximum absolute atomic E-state index is 3.73. The van der Waals surface area contributed by atoms with Gasteiger partial charge in [0, 0.05) is 24.0 Å². The van der Waals surface area contributed by atoms with E-state index in [1.807, 2.05) is 11.3 Å². The smallest absolute Gasteiger partial charge is 0.0305 e. The van der Waals surface area contributed by atoms with Crippen LogP contribution in [0.5, 0.6) is 0 Å². The Morgan fingerprint density at radius 1 is 1.56 bits per heavy atom. The normalized spacial score (nSPS) is 24.6. The second-order valence-corrected chi connectivity index (χ2v) is 6.41. The van der Waals surface area contributed by atoms with Crippen LogP contribution in [0.4, 0.5) is 0 Å². The molecule has 0 bridgehead atoms. The molecule has 2 N–H and O–H groups in total. The van der Waals surface area contributed by atoms with Crippen molar-refractivity contribution < 1.29 is 0 Å². The van der Waals surface area contributed by atoms with E-state index in [0.717, 1.165) is 19.6 Å². The monoisotopic (exact) mass is 238 g/mol. The lowest BCUT2D eigenvalue weighted by molar-refractivity contribution is 0.184. The second kappa shape index (κ2) is 4.86. The van der Waals surface area contributed by atoms with Gasteiger partial charge in [0.15, 0.2) is 0 Å². The molecule has 90 valence electrons. The molecule has 3 heteroatoms. The van der Waals surface area contributed by atoms with Crippen molar-refractivity contribution in [3.63, 3.8) is 0 Å². The van der Waals surface area contributed by atoms with Crippen LogP contribution in [0.25, 0.3) is 0 Å². The largest absolute Gasteiger partial charge is 0.316 e. The third-order valence-corrected chi connectivity index (χ3v) is 4.63. The maximum atomic E-state index is 3.73. The third kappa shape index (κ3) is 2.65. The summed E-state index contributed by atoms with van der Waals surface area (Å²) in [4.78, 5) is 1.48. The molecule has 1 aliphatic heterocycles. The van der Waals surface area contributed by atoms with E-state index in [-0.39, 0.29) is 0 Å². The van der Waals surface area contributed by atoms with Crippen molar-refractivity contribution in [2.75, 3.05) is 13.1 Å². The first-order valence-electron chi connectivity index (χ1n) is 6.07. The first-order chi connectivity index (χ1) is 7.59. The molecular weight excluding hydrogens is 216 g/mol. The molecule has 2 nitrogen and oxygen atoms in total. The Bertz CT molecular complexity index is 343. The molecule has 2 heterocycles. The highest BCUT2D eigenvalue weighted by atomic mass is 32.1. The standard InChI is InChI=1S/C13H22N2S/c1-10-5-7-16-11(10)8-15-12-4-6-14-9-13(12,2)3/h5,7,12,14-15H,4,6,8-9H2,1-3H3. The van der Waals surface area contributed by atoms with Crippen molar-refractivity contribution in [3.05, 3.63) is 21.9 Å². The third-order valence-electron chi connectivity index (χ3n) is 3.61. The number of thiophene rings is 1. The fourth-order valence-electron chi connectivity index (χ4n) is 2.35. The van der Waals surface area contributed by atoms with Crippen LogP contribution in [0, 0.1) is 12.3 Å². The van der Waals surface area contributed by atoms with Crippen LogP contribution in [-0.4, -0.2) is 19.1 Å². The molecule has 0 radical (unpaired) electrons. The van der Waals surface area contributed by atoms with Crippen LogP contribution in [0.1, 0.15) is 30.7 Å². The zero-order valence-electron chi connectivity index (χ0n) is 10.5. The van der Waals surface area contributed by atoms with E-state index in [0.29, 0.717) is 11.5 Å². The van der Waals surface area contributed by atoms with Crippen LogP contribution in [0.15, 0.2) is 11.4 Å². The number of aryl methyl sites for hydroxylation is 1. The highest BCUT2D eigenvalue weighted by Gasteiger charge is 2.31. The predicted molar refractivity (Wildman–Crippen MR) is 71.0 cm³/mol. The Labute approximate surface area is 102 Å². The van der Waals surface area contributed by atoms with Gasteiger partial charge >= 0.3 is 0 Å². The average molecular weight is 238 g/mol. The Kier molecular flexibility index (Phi) is 3.67. The van der Waals surface area contributed by atoms with E-state index in [1.54, 1.807) is 0 Å². The molecule has 1 fully saturated rings. The van der Waals surface area contributed by atoms with Gasteiger partial charge in [-0.05, 0) is 42.3 Å². The second-order valence-electron chi connectivity index (χ2n) is 5.41. The molecule has 2 rings (SSSR count). The average Bonchev–Trinajstić information content (AvgIpc) is 2.62. The van der Waals surface area contributed by atoms with Gasteiger partial charge in [0.2, 0.25) is 0 Å².